The number of rotatable bonds is 6. The lowest BCUT2D eigenvalue weighted by Gasteiger charge is -2.36. The van der Waals surface area contributed by atoms with Gasteiger partial charge in [-0.1, -0.05) is 11.3 Å². The summed E-state index contributed by atoms with van der Waals surface area (Å²) in [5, 5.41) is 7.26. The van der Waals surface area contributed by atoms with Crippen molar-refractivity contribution in [2.24, 2.45) is 0 Å². The fourth-order valence-electron chi connectivity index (χ4n) is 3.00. The van der Waals surface area contributed by atoms with Gasteiger partial charge in [-0.25, -0.2) is 13.9 Å². The first-order chi connectivity index (χ1) is 13.9. The van der Waals surface area contributed by atoms with E-state index in [9.17, 15) is 14.0 Å². The lowest BCUT2D eigenvalue weighted by Crippen LogP contribution is -2.47. The molecule has 0 unspecified atom stereocenters. The zero-order valence-electron chi connectivity index (χ0n) is 16.2. The van der Waals surface area contributed by atoms with Crippen molar-refractivity contribution in [3.05, 3.63) is 33.5 Å². The molecule has 0 radical (unpaired) electrons. The second-order valence-corrected chi connectivity index (χ2v) is 8.11. The van der Waals surface area contributed by atoms with E-state index in [2.05, 4.69) is 15.3 Å². The molecule has 0 atom stereocenters. The smallest absolute Gasteiger partial charge is 0.413 e. The van der Waals surface area contributed by atoms with E-state index in [0.29, 0.717) is 53.2 Å². The number of halogens is 1. The highest BCUT2D eigenvalue weighted by atomic mass is 32.1. The van der Waals surface area contributed by atoms with Crippen molar-refractivity contribution >= 4 is 46.3 Å². The van der Waals surface area contributed by atoms with E-state index in [1.165, 1.54) is 24.3 Å². The molecule has 29 heavy (non-hydrogen) atoms. The summed E-state index contributed by atoms with van der Waals surface area (Å²) >= 11 is 6.52. The monoisotopic (exact) mass is 439 g/mol. The Bertz CT molecular complexity index is 953. The third kappa shape index (κ3) is 5.37. The number of ether oxygens (including phenoxy) is 1. The van der Waals surface area contributed by atoms with Gasteiger partial charge in [-0.05, 0) is 44.3 Å². The largest absolute Gasteiger partial charge is 0.450 e. The van der Waals surface area contributed by atoms with Gasteiger partial charge in [0.25, 0.3) is 0 Å². The molecule has 3 rings (SSSR count). The predicted octanol–water partition coefficient (Wildman–Crippen LogP) is 3.36. The number of Topliss-reactive ketones (excluding diaryl/α,β-unsaturated/α-hetero) is 1. The molecule has 156 valence electrons. The van der Waals surface area contributed by atoms with Crippen LogP contribution in [-0.4, -0.2) is 59.3 Å². The van der Waals surface area contributed by atoms with Gasteiger partial charge >= 0.3 is 6.09 Å². The minimum Gasteiger partial charge on any atom is -0.450 e. The van der Waals surface area contributed by atoms with Crippen LogP contribution in [0.5, 0.6) is 0 Å². The van der Waals surface area contributed by atoms with Gasteiger partial charge in [-0.2, -0.15) is 0 Å². The maximum atomic E-state index is 14.4. The molecule has 2 heterocycles. The Kier molecular flexibility index (Phi) is 6.93. The molecular formula is C18H22FN5O3S2. The Labute approximate surface area is 176 Å². The maximum Gasteiger partial charge on any atom is 0.413 e. The van der Waals surface area contributed by atoms with E-state index in [1.807, 2.05) is 4.90 Å². The fourth-order valence-corrected chi connectivity index (χ4v) is 3.98. The van der Waals surface area contributed by atoms with Crippen LogP contribution >= 0.6 is 23.6 Å². The first kappa shape index (κ1) is 21.3. The Morgan fingerprint density at radius 3 is 2.66 bits per heavy atom. The van der Waals surface area contributed by atoms with Crippen molar-refractivity contribution in [2.45, 2.75) is 20.5 Å². The normalized spacial score (nSPS) is 14.7. The predicted molar refractivity (Wildman–Crippen MR) is 112 cm³/mol. The number of carbonyl (C=O) groups is 2. The van der Waals surface area contributed by atoms with Crippen LogP contribution in [-0.2, 0) is 11.4 Å². The van der Waals surface area contributed by atoms with Crippen molar-refractivity contribution in [1.82, 2.24) is 14.7 Å². The van der Waals surface area contributed by atoms with Gasteiger partial charge in [0.2, 0.25) is 5.13 Å². The van der Waals surface area contributed by atoms with E-state index in [1.54, 1.807) is 23.7 Å². The van der Waals surface area contributed by atoms with E-state index in [-0.39, 0.29) is 18.2 Å². The Morgan fingerprint density at radius 1 is 1.31 bits per heavy atom. The number of nitrogens with zero attached hydrogens (tertiary/aromatic N) is 4. The number of nitrogens with one attached hydrogen (secondary N) is 1. The maximum absolute atomic E-state index is 14.4. The van der Waals surface area contributed by atoms with Crippen LogP contribution < -0.4 is 10.2 Å². The molecule has 1 aromatic heterocycles. The summed E-state index contributed by atoms with van der Waals surface area (Å²) in [5.41, 5.74) is 0.871. The van der Waals surface area contributed by atoms with Gasteiger partial charge in [0, 0.05) is 31.7 Å². The molecule has 1 N–H and O–H groups in total. The molecule has 0 aliphatic carbocycles. The van der Waals surface area contributed by atoms with Crippen LogP contribution in [0.3, 0.4) is 0 Å². The Balaban J connectivity index is 1.58. The number of anilines is 2. The minimum absolute atomic E-state index is 0.155. The highest BCUT2D eigenvalue weighted by molar-refractivity contribution is 7.73. The molecule has 11 heteroatoms. The molecule has 1 saturated heterocycles. The molecule has 0 spiro atoms. The number of piperazine rings is 1. The third-order valence-corrected chi connectivity index (χ3v) is 5.72. The van der Waals surface area contributed by atoms with Crippen molar-refractivity contribution in [1.29, 1.82) is 0 Å². The highest BCUT2D eigenvalue weighted by Gasteiger charge is 2.21. The van der Waals surface area contributed by atoms with Crippen LogP contribution in [0, 0.1) is 9.77 Å². The van der Waals surface area contributed by atoms with Gasteiger partial charge in [0.1, 0.15) is 5.82 Å². The number of hydrogen-bond donors (Lipinski definition) is 1. The van der Waals surface area contributed by atoms with Crippen LogP contribution in [0.2, 0.25) is 0 Å². The lowest BCUT2D eigenvalue weighted by atomic mass is 10.1. The molecule has 0 saturated carbocycles. The number of aromatic nitrogens is 2. The summed E-state index contributed by atoms with van der Waals surface area (Å²) in [6.07, 6.45) is -0.560. The summed E-state index contributed by atoms with van der Waals surface area (Å²) in [6.45, 7) is 6.60. The van der Waals surface area contributed by atoms with E-state index in [4.69, 9.17) is 17.0 Å². The van der Waals surface area contributed by atoms with Crippen molar-refractivity contribution in [3.63, 3.8) is 0 Å². The molecule has 2 aromatic rings. The molecule has 1 fully saturated rings. The SMILES string of the molecule is CCOC(=O)Nc1nn(CN2CCN(c3ccc(C(C)=O)cc3F)CC2)c(=S)s1. The van der Waals surface area contributed by atoms with Crippen molar-refractivity contribution in [3.8, 4) is 0 Å². The molecule has 1 aliphatic rings. The second-order valence-electron chi connectivity index (χ2n) is 6.49. The second kappa shape index (κ2) is 9.42. The zero-order chi connectivity index (χ0) is 21.0. The average molecular weight is 440 g/mol. The number of carbonyl (C=O) groups excluding carboxylic acids is 2. The first-order valence-corrected chi connectivity index (χ1v) is 10.4. The number of benzene rings is 1. The average Bonchev–Trinajstić information content (AvgIpc) is 3.01. The quantitative estimate of drug-likeness (QED) is 0.546. The molecule has 1 aliphatic heterocycles. The standard InChI is InChI=1S/C18H22FN5O3S2/c1-3-27-17(26)20-16-21-24(18(28)29-16)11-22-6-8-23(9-7-22)15-5-4-13(12(2)25)10-14(15)19/h4-5,10H,3,6-9,11H2,1-2H3,(H,20,21,26). The molecule has 8 nitrogen and oxygen atoms in total. The Morgan fingerprint density at radius 2 is 2.03 bits per heavy atom. The third-order valence-electron chi connectivity index (χ3n) is 4.49. The fraction of sp³-hybridized carbons (Fsp3) is 0.444. The minimum atomic E-state index is -0.560. The van der Waals surface area contributed by atoms with Crippen molar-refractivity contribution in [2.75, 3.05) is 43.0 Å². The van der Waals surface area contributed by atoms with Gasteiger partial charge < -0.3 is 9.64 Å². The van der Waals surface area contributed by atoms with Gasteiger partial charge in [-0.15, -0.1) is 5.10 Å². The van der Waals surface area contributed by atoms with Gasteiger partial charge in [0.05, 0.1) is 19.0 Å². The molecular weight excluding hydrogens is 417 g/mol. The number of ketones is 1. The van der Waals surface area contributed by atoms with Gasteiger partial charge in [-0.3, -0.25) is 15.0 Å². The number of hydrogen-bond acceptors (Lipinski definition) is 8. The van der Waals surface area contributed by atoms with E-state index < -0.39 is 6.09 Å². The Hall–Kier alpha value is -2.37. The zero-order valence-corrected chi connectivity index (χ0v) is 17.8. The van der Waals surface area contributed by atoms with E-state index >= 15 is 0 Å². The summed E-state index contributed by atoms with van der Waals surface area (Å²) < 4.78 is 21.4. The van der Waals surface area contributed by atoms with Crippen LogP contribution in [0.15, 0.2) is 18.2 Å². The van der Waals surface area contributed by atoms with Crippen LogP contribution in [0.4, 0.5) is 20.0 Å². The summed E-state index contributed by atoms with van der Waals surface area (Å²) in [7, 11) is 0. The topological polar surface area (TPSA) is 79.7 Å². The molecule has 0 bridgehead atoms. The van der Waals surface area contributed by atoms with Crippen LogP contribution in [0.25, 0.3) is 0 Å². The lowest BCUT2D eigenvalue weighted by molar-refractivity contribution is 0.101. The van der Waals surface area contributed by atoms with Crippen LogP contribution in [0.1, 0.15) is 24.2 Å². The summed E-state index contributed by atoms with van der Waals surface area (Å²) in [4.78, 5) is 27.0. The summed E-state index contributed by atoms with van der Waals surface area (Å²) in [5.74, 6) is -0.542. The summed E-state index contributed by atoms with van der Waals surface area (Å²) in [6, 6.07) is 4.60. The highest BCUT2D eigenvalue weighted by Crippen LogP contribution is 2.23. The molecule has 1 amide bonds. The first-order valence-electron chi connectivity index (χ1n) is 9.17. The van der Waals surface area contributed by atoms with E-state index in [0.717, 1.165) is 0 Å². The van der Waals surface area contributed by atoms with Crippen molar-refractivity contribution < 1.29 is 18.7 Å². The molecule has 1 aromatic carbocycles. The number of amides is 1. The van der Waals surface area contributed by atoms with Gasteiger partial charge in [0.15, 0.2) is 9.74 Å².